The predicted molar refractivity (Wildman–Crippen MR) is 175 cm³/mol. The molecule has 11 heteroatoms. The molecule has 0 atom stereocenters. The van der Waals surface area contributed by atoms with Crippen LogP contribution in [0.15, 0.2) is 95.5 Å². The summed E-state index contributed by atoms with van der Waals surface area (Å²) in [5.74, 6) is 0.248. The fraction of sp³-hybridized carbons (Fsp3) is 0.121. The number of amides is 2. The maximum absolute atomic E-state index is 13.5. The molecule has 226 valence electrons. The monoisotopic (exact) mass is 650 g/mol. The van der Waals surface area contributed by atoms with E-state index < -0.39 is 11.8 Å². The number of methoxy groups -OCH3 is 3. The van der Waals surface area contributed by atoms with Gasteiger partial charge in [-0.1, -0.05) is 41.4 Å². The van der Waals surface area contributed by atoms with Gasteiger partial charge >= 0.3 is 0 Å². The summed E-state index contributed by atoms with van der Waals surface area (Å²) in [6, 6.07) is 23.5. The Labute approximate surface area is 269 Å². The van der Waals surface area contributed by atoms with Gasteiger partial charge in [-0.2, -0.15) is 0 Å². The average molecular weight is 652 g/mol. The number of carbonyl (C=O) groups is 3. The summed E-state index contributed by atoms with van der Waals surface area (Å²) in [5, 5.41) is 6.28. The molecule has 8 nitrogen and oxygen atoms in total. The molecule has 0 fully saturated rings. The zero-order chi connectivity index (χ0) is 31.6. The number of ketones is 1. The Bertz CT molecular complexity index is 1700. The molecule has 4 aromatic rings. The van der Waals surface area contributed by atoms with Crippen LogP contribution in [0.5, 0.6) is 17.2 Å². The minimum absolute atomic E-state index is 0.0340. The first-order valence-corrected chi connectivity index (χ1v) is 14.9. The molecular weight excluding hydrogens is 623 g/mol. The van der Waals surface area contributed by atoms with Gasteiger partial charge in [0.1, 0.15) is 11.4 Å². The number of nitrogens with one attached hydrogen (secondary N) is 2. The van der Waals surface area contributed by atoms with Crippen molar-refractivity contribution in [2.24, 2.45) is 0 Å². The first-order valence-electron chi connectivity index (χ1n) is 13.1. The van der Waals surface area contributed by atoms with Crippen molar-refractivity contribution >= 4 is 64.3 Å². The maximum atomic E-state index is 13.5. The van der Waals surface area contributed by atoms with Gasteiger partial charge in [0.05, 0.1) is 32.1 Å². The van der Waals surface area contributed by atoms with Crippen LogP contribution in [-0.2, 0) is 4.79 Å². The van der Waals surface area contributed by atoms with Crippen molar-refractivity contribution < 1.29 is 28.6 Å². The number of rotatable bonds is 12. The lowest BCUT2D eigenvalue weighted by Gasteiger charge is -2.15. The topological polar surface area (TPSA) is 103 Å². The number of halogens is 2. The van der Waals surface area contributed by atoms with Crippen molar-refractivity contribution in [3.63, 3.8) is 0 Å². The van der Waals surface area contributed by atoms with Crippen molar-refractivity contribution in [2.45, 2.75) is 4.90 Å². The molecule has 0 saturated carbocycles. The average Bonchev–Trinajstić information content (AvgIpc) is 3.04. The molecule has 0 aliphatic rings. The fourth-order valence-electron chi connectivity index (χ4n) is 4.04. The smallest absolute Gasteiger partial charge is 0.272 e. The highest BCUT2D eigenvalue weighted by atomic mass is 35.5. The molecule has 0 saturated heterocycles. The van der Waals surface area contributed by atoms with Crippen molar-refractivity contribution in [2.75, 3.05) is 32.4 Å². The second-order valence-corrected chi connectivity index (χ2v) is 11.0. The molecule has 0 heterocycles. The molecule has 4 aromatic carbocycles. The molecule has 44 heavy (non-hydrogen) atoms. The number of Topliss-reactive ketones (excluding diaryl/α,β-unsaturated/α-hetero) is 1. The van der Waals surface area contributed by atoms with Gasteiger partial charge in [0.15, 0.2) is 17.3 Å². The van der Waals surface area contributed by atoms with E-state index in [4.69, 9.17) is 37.4 Å². The van der Waals surface area contributed by atoms with Gasteiger partial charge in [-0.15, -0.1) is 11.8 Å². The van der Waals surface area contributed by atoms with Crippen molar-refractivity contribution in [3.8, 4) is 17.2 Å². The molecule has 0 spiro atoms. The van der Waals surface area contributed by atoms with Crippen LogP contribution in [0.25, 0.3) is 6.08 Å². The summed E-state index contributed by atoms with van der Waals surface area (Å²) in [7, 11) is 4.48. The molecular formula is C33H28Cl2N2O6S. The number of benzene rings is 4. The second-order valence-electron chi connectivity index (χ2n) is 9.14. The lowest BCUT2D eigenvalue weighted by Crippen LogP contribution is -2.30. The Morgan fingerprint density at radius 2 is 1.45 bits per heavy atom. The van der Waals surface area contributed by atoms with Crippen LogP contribution in [0.1, 0.15) is 26.3 Å². The summed E-state index contributed by atoms with van der Waals surface area (Å²) in [6.45, 7) is 0. The van der Waals surface area contributed by atoms with Crippen molar-refractivity contribution in [1.82, 2.24) is 5.32 Å². The predicted octanol–water partition coefficient (Wildman–Crippen LogP) is 7.40. The summed E-state index contributed by atoms with van der Waals surface area (Å²) in [5.41, 5.74) is 1.69. The molecule has 0 aliphatic heterocycles. The summed E-state index contributed by atoms with van der Waals surface area (Å²) < 4.78 is 16.3. The first kappa shape index (κ1) is 32.5. The van der Waals surface area contributed by atoms with Gasteiger partial charge < -0.3 is 24.8 Å². The molecule has 0 bridgehead atoms. The van der Waals surface area contributed by atoms with E-state index >= 15 is 0 Å². The van der Waals surface area contributed by atoms with Crippen molar-refractivity contribution in [1.29, 1.82) is 0 Å². The van der Waals surface area contributed by atoms with Gasteiger partial charge in [-0.3, -0.25) is 14.4 Å². The molecule has 0 unspecified atom stereocenters. The van der Waals surface area contributed by atoms with E-state index in [-0.39, 0.29) is 17.2 Å². The van der Waals surface area contributed by atoms with E-state index in [1.54, 1.807) is 78.9 Å². The van der Waals surface area contributed by atoms with Gasteiger partial charge in [-0.25, -0.2) is 0 Å². The summed E-state index contributed by atoms with van der Waals surface area (Å²) in [6.07, 6.45) is 1.49. The van der Waals surface area contributed by atoms with Gasteiger partial charge in [0.25, 0.3) is 11.8 Å². The van der Waals surface area contributed by atoms with Crippen LogP contribution in [0.4, 0.5) is 5.69 Å². The molecule has 0 radical (unpaired) electrons. The van der Waals surface area contributed by atoms with E-state index in [9.17, 15) is 14.4 Å². The van der Waals surface area contributed by atoms with Gasteiger partial charge in [0.2, 0.25) is 0 Å². The molecule has 4 rings (SSSR count). The lowest BCUT2D eigenvalue weighted by molar-refractivity contribution is -0.113. The van der Waals surface area contributed by atoms with Crippen LogP contribution in [0.2, 0.25) is 10.0 Å². The highest BCUT2D eigenvalue weighted by molar-refractivity contribution is 8.00. The Hall–Kier alpha value is -4.44. The SMILES string of the molecule is COc1cc(OC)c(OC)cc1/C=C(\NC(=O)c1ccccc1)C(=O)Nc1ccc(SCC(=O)c2ccc(Cl)cc2Cl)cc1. The Kier molecular flexibility index (Phi) is 11.3. The first-order chi connectivity index (χ1) is 21.2. The maximum Gasteiger partial charge on any atom is 0.272 e. The molecule has 0 aliphatic carbocycles. The Balaban J connectivity index is 1.54. The van der Waals surface area contributed by atoms with Crippen LogP contribution in [-0.4, -0.2) is 44.7 Å². The van der Waals surface area contributed by atoms with Gasteiger partial charge in [-0.05, 0) is 66.7 Å². The minimum Gasteiger partial charge on any atom is -0.496 e. The normalized spacial score (nSPS) is 11.0. The summed E-state index contributed by atoms with van der Waals surface area (Å²) in [4.78, 5) is 40.0. The second kappa shape index (κ2) is 15.3. The van der Waals surface area contributed by atoms with E-state index in [1.807, 2.05) is 0 Å². The third kappa shape index (κ3) is 8.35. The van der Waals surface area contributed by atoms with Crippen LogP contribution in [0, 0.1) is 0 Å². The fourth-order valence-corrected chi connectivity index (χ4v) is 5.33. The number of anilines is 1. The minimum atomic E-state index is -0.570. The van der Waals surface area contributed by atoms with E-state index in [0.29, 0.717) is 49.7 Å². The molecule has 2 amide bonds. The zero-order valence-electron chi connectivity index (χ0n) is 24.0. The number of thioether (sulfide) groups is 1. The Morgan fingerprint density at radius 1 is 0.795 bits per heavy atom. The number of carbonyl (C=O) groups excluding carboxylic acids is 3. The largest absolute Gasteiger partial charge is 0.496 e. The van der Waals surface area contributed by atoms with E-state index in [2.05, 4.69) is 10.6 Å². The molecule has 0 aromatic heterocycles. The Morgan fingerprint density at radius 3 is 2.09 bits per heavy atom. The highest BCUT2D eigenvalue weighted by Crippen LogP contribution is 2.35. The van der Waals surface area contributed by atoms with Crippen molar-refractivity contribution in [3.05, 3.63) is 117 Å². The number of hydrogen-bond donors (Lipinski definition) is 2. The number of hydrogen-bond acceptors (Lipinski definition) is 7. The number of ether oxygens (including phenoxy) is 3. The molecule has 2 N–H and O–H groups in total. The lowest BCUT2D eigenvalue weighted by atomic mass is 10.1. The third-order valence-corrected chi connectivity index (χ3v) is 7.84. The van der Waals surface area contributed by atoms with Gasteiger partial charge in [0, 0.05) is 38.4 Å². The van der Waals surface area contributed by atoms with E-state index in [1.165, 1.54) is 45.2 Å². The third-order valence-electron chi connectivity index (χ3n) is 6.28. The standard InChI is InChI=1S/C33H28Cl2N2O6S/c1-41-29-18-31(43-3)30(42-2)16-21(29)15-27(37-32(39)20-7-5-4-6-8-20)33(40)36-23-10-12-24(13-11-23)44-19-28(38)25-14-9-22(34)17-26(25)35/h4-18H,19H2,1-3H3,(H,36,40)(H,37,39)/b27-15-. The van der Waals surface area contributed by atoms with Crippen LogP contribution < -0.4 is 24.8 Å². The highest BCUT2D eigenvalue weighted by Gasteiger charge is 2.18. The quantitative estimate of drug-likeness (QED) is 0.0935. The summed E-state index contributed by atoms with van der Waals surface area (Å²) >= 11 is 13.4. The van der Waals surface area contributed by atoms with Crippen LogP contribution >= 0.6 is 35.0 Å². The van der Waals surface area contributed by atoms with E-state index in [0.717, 1.165) is 4.90 Å². The van der Waals surface area contributed by atoms with Crippen LogP contribution in [0.3, 0.4) is 0 Å². The zero-order valence-corrected chi connectivity index (χ0v) is 26.3.